The number of anilines is 1. The Hall–Kier alpha value is -3.07. The first kappa shape index (κ1) is 17.7. The van der Waals surface area contributed by atoms with Crippen LogP contribution in [0.1, 0.15) is 13.8 Å². The van der Waals surface area contributed by atoms with Crippen LogP contribution in [0, 0.1) is 0 Å². The number of para-hydroxylation sites is 1. The normalized spacial score (nSPS) is 11.6. The van der Waals surface area contributed by atoms with E-state index in [1.807, 2.05) is 79.7 Å². The largest absolute Gasteiger partial charge is 0.481 e. The van der Waals surface area contributed by atoms with Crippen LogP contribution < -0.4 is 9.64 Å². The maximum Gasteiger partial charge on any atom is 0.267 e. The fourth-order valence-electron chi connectivity index (χ4n) is 2.90. The molecule has 3 heteroatoms. The summed E-state index contributed by atoms with van der Waals surface area (Å²) < 4.78 is 5.88. The molecule has 0 aliphatic heterocycles. The van der Waals surface area contributed by atoms with Crippen LogP contribution >= 0.6 is 0 Å². The van der Waals surface area contributed by atoms with E-state index in [9.17, 15) is 4.79 Å². The molecule has 0 heterocycles. The van der Waals surface area contributed by atoms with Crippen molar-refractivity contribution in [3.05, 3.63) is 84.9 Å². The van der Waals surface area contributed by atoms with Gasteiger partial charge in [0.05, 0.1) is 0 Å². The summed E-state index contributed by atoms with van der Waals surface area (Å²) in [7, 11) is 0. The first-order valence-corrected chi connectivity index (χ1v) is 8.87. The number of rotatable bonds is 6. The predicted octanol–water partition coefficient (Wildman–Crippen LogP) is 5.17. The summed E-state index contributed by atoms with van der Waals surface area (Å²) in [6.45, 7) is 4.36. The molecule has 0 saturated carbocycles. The minimum Gasteiger partial charge on any atom is -0.481 e. The molecule has 3 aromatic carbocycles. The lowest BCUT2D eigenvalue weighted by Gasteiger charge is -2.25. The van der Waals surface area contributed by atoms with Crippen molar-refractivity contribution in [3.63, 3.8) is 0 Å². The Morgan fingerprint density at radius 2 is 1.38 bits per heavy atom. The Morgan fingerprint density at radius 1 is 0.846 bits per heavy atom. The minimum absolute atomic E-state index is 0.0502. The quantitative estimate of drug-likeness (QED) is 0.616. The number of carbonyl (C=O) groups is 1. The van der Waals surface area contributed by atoms with Crippen LogP contribution in [0.25, 0.3) is 11.1 Å². The molecule has 26 heavy (non-hydrogen) atoms. The Morgan fingerprint density at radius 3 is 1.96 bits per heavy atom. The van der Waals surface area contributed by atoms with Gasteiger partial charge < -0.3 is 9.64 Å². The van der Waals surface area contributed by atoms with E-state index in [-0.39, 0.29) is 5.91 Å². The van der Waals surface area contributed by atoms with Crippen molar-refractivity contribution in [2.45, 2.75) is 20.0 Å². The van der Waals surface area contributed by atoms with Gasteiger partial charge in [-0.2, -0.15) is 0 Å². The maximum absolute atomic E-state index is 12.8. The van der Waals surface area contributed by atoms with Crippen LogP contribution in [0.15, 0.2) is 84.9 Å². The lowest BCUT2D eigenvalue weighted by molar-refractivity contribution is -0.124. The summed E-state index contributed by atoms with van der Waals surface area (Å²) >= 11 is 0. The number of amides is 1. The van der Waals surface area contributed by atoms with E-state index in [4.69, 9.17) is 4.74 Å². The van der Waals surface area contributed by atoms with E-state index in [1.165, 1.54) is 0 Å². The molecule has 0 bridgehead atoms. The van der Waals surface area contributed by atoms with Gasteiger partial charge in [-0.25, -0.2) is 0 Å². The predicted molar refractivity (Wildman–Crippen MR) is 106 cm³/mol. The zero-order valence-corrected chi connectivity index (χ0v) is 15.1. The molecule has 0 aliphatic carbocycles. The second-order valence-corrected chi connectivity index (χ2v) is 6.07. The van der Waals surface area contributed by atoms with Crippen LogP contribution in [-0.2, 0) is 4.79 Å². The third kappa shape index (κ3) is 4.12. The van der Waals surface area contributed by atoms with Crippen LogP contribution in [-0.4, -0.2) is 18.6 Å². The Bertz CT molecular complexity index is 829. The zero-order valence-electron chi connectivity index (χ0n) is 15.1. The molecule has 132 valence electrons. The van der Waals surface area contributed by atoms with Gasteiger partial charge in [0.15, 0.2) is 6.10 Å². The molecular weight excluding hydrogens is 322 g/mol. The highest BCUT2D eigenvalue weighted by atomic mass is 16.5. The van der Waals surface area contributed by atoms with Gasteiger partial charge in [-0.1, -0.05) is 60.7 Å². The van der Waals surface area contributed by atoms with Crippen molar-refractivity contribution in [2.24, 2.45) is 0 Å². The fraction of sp³-hybridized carbons (Fsp3) is 0.174. The maximum atomic E-state index is 12.8. The highest BCUT2D eigenvalue weighted by Gasteiger charge is 2.22. The number of carbonyl (C=O) groups excluding carboxylic acids is 1. The van der Waals surface area contributed by atoms with Gasteiger partial charge in [-0.3, -0.25) is 4.79 Å². The van der Waals surface area contributed by atoms with Crippen molar-refractivity contribution in [1.29, 1.82) is 0 Å². The lowest BCUT2D eigenvalue weighted by atomic mass is 10.1. The number of hydrogen-bond acceptors (Lipinski definition) is 2. The standard InChI is InChI=1S/C23H23NO2/c1-3-24(21-12-8-5-9-13-21)23(25)18(2)26-22-16-14-20(15-17-22)19-10-6-4-7-11-19/h4-18H,3H2,1-2H3. The Kier molecular flexibility index (Phi) is 5.69. The molecule has 3 rings (SSSR count). The van der Waals surface area contributed by atoms with Gasteiger partial charge in [0, 0.05) is 12.2 Å². The molecule has 0 radical (unpaired) electrons. The van der Waals surface area contributed by atoms with Crippen molar-refractivity contribution in [2.75, 3.05) is 11.4 Å². The second-order valence-electron chi connectivity index (χ2n) is 6.07. The van der Waals surface area contributed by atoms with E-state index in [2.05, 4.69) is 12.1 Å². The summed E-state index contributed by atoms with van der Waals surface area (Å²) in [5.41, 5.74) is 3.16. The van der Waals surface area contributed by atoms with Crippen molar-refractivity contribution in [3.8, 4) is 16.9 Å². The van der Waals surface area contributed by atoms with Crippen LogP contribution in [0.3, 0.4) is 0 Å². The molecule has 1 atom stereocenters. The first-order chi connectivity index (χ1) is 12.7. The molecular formula is C23H23NO2. The van der Waals surface area contributed by atoms with Gasteiger partial charge in [-0.05, 0) is 49.2 Å². The van der Waals surface area contributed by atoms with Crippen LogP contribution in [0.4, 0.5) is 5.69 Å². The fourth-order valence-corrected chi connectivity index (χ4v) is 2.90. The van der Waals surface area contributed by atoms with Gasteiger partial charge in [0.2, 0.25) is 0 Å². The smallest absolute Gasteiger partial charge is 0.267 e. The third-order valence-corrected chi connectivity index (χ3v) is 4.27. The molecule has 1 amide bonds. The highest BCUT2D eigenvalue weighted by molar-refractivity contribution is 5.96. The van der Waals surface area contributed by atoms with Crippen LogP contribution in [0.2, 0.25) is 0 Å². The minimum atomic E-state index is -0.558. The van der Waals surface area contributed by atoms with Gasteiger partial charge in [-0.15, -0.1) is 0 Å². The molecule has 0 aromatic heterocycles. The summed E-state index contributed by atoms with van der Waals surface area (Å²) in [6, 6.07) is 27.7. The van der Waals surface area contributed by atoms with E-state index in [0.29, 0.717) is 12.3 Å². The van der Waals surface area contributed by atoms with Gasteiger partial charge in [0.1, 0.15) is 5.75 Å². The van der Waals surface area contributed by atoms with Crippen LogP contribution in [0.5, 0.6) is 5.75 Å². The molecule has 0 N–H and O–H groups in total. The molecule has 1 unspecified atom stereocenters. The topological polar surface area (TPSA) is 29.5 Å². The highest BCUT2D eigenvalue weighted by Crippen LogP contribution is 2.23. The summed E-state index contributed by atoms with van der Waals surface area (Å²) in [5.74, 6) is 0.639. The number of benzene rings is 3. The van der Waals surface area contributed by atoms with E-state index < -0.39 is 6.10 Å². The van der Waals surface area contributed by atoms with Crippen molar-refractivity contribution >= 4 is 11.6 Å². The monoisotopic (exact) mass is 345 g/mol. The molecule has 3 aromatic rings. The van der Waals surface area contributed by atoms with Gasteiger partial charge in [0.25, 0.3) is 5.91 Å². The van der Waals surface area contributed by atoms with E-state index in [0.717, 1.165) is 16.8 Å². The summed E-state index contributed by atoms with van der Waals surface area (Å²) in [6.07, 6.45) is -0.558. The van der Waals surface area contributed by atoms with Crippen molar-refractivity contribution < 1.29 is 9.53 Å². The van der Waals surface area contributed by atoms with E-state index in [1.54, 1.807) is 11.8 Å². The Labute approximate surface area is 154 Å². The number of likely N-dealkylation sites (N-methyl/N-ethyl adjacent to an activating group) is 1. The first-order valence-electron chi connectivity index (χ1n) is 8.87. The molecule has 0 spiro atoms. The zero-order chi connectivity index (χ0) is 18.4. The summed E-state index contributed by atoms with van der Waals surface area (Å²) in [4.78, 5) is 14.5. The molecule has 0 fully saturated rings. The molecule has 0 aliphatic rings. The molecule has 3 nitrogen and oxygen atoms in total. The van der Waals surface area contributed by atoms with Gasteiger partial charge >= 0.3 is 0 Å². The molecule has 0 saturated heterocycles. The third-order valence-electron chi connectivity index (χ3n) is 4.27. The van der Waals surface area contributed by atoms with E-state index >= 15 is 0 Å². The number of ether oxygens (including phenoxy) is 1. The second kappa shape index (κ2) is 8.34. The average Bonchev–Trinajstić information content (AvgIpc) is 2.70. The SMILES string of the molecule is CCN(C(=O)C(C)Oc1ccc(-c2ccccc2)cc1)c1ccccc1. The number of hydrogen-bond donors (Lipinski definition) is 0. The number of nitrogens with zero attached hydrogens (tertiary/aromatic N) is 1. The van der Waals surface area contributed by atoms with Crippen molar-refractivity contribution in [1.82, 2.24) is 0 Å². The Balaban J connectivity index is 1.69. The summed E-state index contributed by atoms with van der Waals surface area (Å²) in [5, 5.41) is 0. The lowest BCUT2D eigenvalue weighted by Crippen LogP contribution is -2.40. The average molecular weight is 345 g/mol.